The highest BCUT2D eigenvalue weighted by atomic mass is 35.5. The second-order valence-corrected chi connectivity index (χ2v) is 11.5. The van der Waals surface area contributed by atoms with Crippen molar-refractivity contribution in [3.8, 4) is 22.8 Å². The molecule has 5 rings (SSSR count). The maximum Gasteiger partial charge on any atom is 0.137 e. The molecule has 2 aromatic carbocycles. The van der Waals surface area contributed by atoms with Crippen LogP contribution in [0.4, 0.5) is 5.69 Å². The molecule has 3 aromatic rings. The molecule has 0 radical (unpaired) electrons. The van der Waals surface area contributed by atoms with Crippen molar-refractivity contribution in [1.82, 2.24) is 15.1 Å². The largest absolute Gasteiger partial charge is 0.507 e. The van der Waals surface area contributed by atoms with Gasteiger partial charge in [0.2, 0.25) is 0 Å². The van der Waals surface area contributed by atoms with E-state index >= 15 is 0 Å². The highest BCUT2D eigenvalue weighted by Crippen LogP contribution is 2.41. The predicted octanol–water partition coefficient (Wildman–Crippen LogP) is 4.27. The molecular formula is C23H27ClN4O4S. The minimum Gasteiger partial charge on any atom is -0.507 e. The second-order valence-electron chi connectivity index (χ2n) is 8.67. The van der Waals surface area contributed by atoms with Gasteiger partial charge in [-0.25, -0.2) is 0 Å². The van der Waals surface area contributed by atoms with E-state index in [1.165, 1.54) is 11.6 Å². The first-order valence-electron chi connectivity index (χ1n) is 10.9. The molecule has 0 amide bonds. The number of fused-ring (bicyclic) bond motifs is 1. The molecule has 0 spiro atoms. The number of phenolic OH excluding ortho intramolecular Hbond substituents is 2. The Labute approximate surface area is 198 Å². The quantitative estimate of drug-likeness (QED) is 0.371. The summed E-state index contributed by atoms with van der Waals surface area (Å²) in [6.45, 7) is 3.68. The van der Waals surface area contributed by atoms with Gasteiger partial charge in [0.05, 0.1) is 16.5 Å². The summed E-state index contributed by atoms with van der Waals surface area (Å²) >= 11 is 6.07. The normalized spacial score (nSPS) is 19.3. The lowest BCUT2D eigenvalue weighted by atomic mass is 9.99. The van der Waals surface area contributed by atoms with Gasteiger partial charge < -0.3 is 15.1 Å². The van der Waals surface area contributed by atoms with Crippen molar-refractivity contribution >= 4 is 27.9 Å². The second kappa shape index (κ2) is 8.73. The van der Waals surface area contributed by atoms with Gasteiger partial charge in [0, 0.05) is 67.7 Å². The molecule has 1 fully saturated rings. The van der Waals surface area contributed by atoms with Crippen molar-refractivity contribution in [2.45, 2.75) is 19.5 Å². The van der Waals surface area contributed by atoms with E-state index in [2.05, 4.69) is 44.3 Å². The first-order chi connectivity index (χ1) is 15.8. The molecule has 0 unspecified atom stereocenters. The maximum absolute atomic E-state index is 10.3. The predicted molar refractivity (Wildman–Crippen MR) is 131 cm³/mol. The standard InChI is InChI=1S/C23H27ClN4O4S/c24-19-11-17(21(29)12-22(19)30)23-18-14-27(6-5-20(18)25-26-23)13-15-1-3-16(4-2-15)28-7-9-33(31,32)10-8-28/h1-4,11-12,29-32H,5-10,13-14H2,(H,25,26). The van der Waals surface area contributed by atoms with Gasteiger partial charge in [-0.1, -0.05) is 23.7 Å². The number of hydrogen-bond donors (Lipinski definition) is 5. The van der Waals surface area contributed by atoms with Gasteiger partial charge >= 0.3 is 0 Å². The summed E-state index contributed by atoms with van der Waals surface area (Å²) in [5, 5.41) is 27.8. The number of halogens is 1. The van der Waals surface area contributed by atoms with E-state index in [1.54, 1.807) is 6.07 Å². The van der Waals surface area contributed by atoms with E-state index in [0.29, 0.717) is 42.4 Å². The molecule has 0 aliphatic carbocycles. The van der Waals surface area contributed by atoms with Crippen molar-refractivity contribution in [3.05, 3.63) is 58.2 Å². The van der Waals surface area contributed by atoms with E-state index in [1.807, 2.05) is 0 Å². The Bertz CT molecular complexity index is 1160. The Hall–Kier alpha value is -2.43. The summed E-state index contributed by atoms with van der Waals surface area (Å²) in [5.74, 6) is 0.641. The van der Waals surface area contributed by atoms with Gasteiger partial charge in [0.25, 0.3) is 0 Å². The third-order valence-electron chi connectivity index (χ3n) is 6.42. The monoisotopic (exact) mass is 490 g/mol. The van der Waals surface area contributed by atoms with Gasteiger partial charge in [0.1, 0.15) is 17.2 Å². The van der Waals surface area contributed by atoms with Crippen molar-refractivity contribution in [2.75, 3.05) is 36.0 Å². The molecule has 3 heterocycles. The highest BCUT2D eigenvalue weighted by molar-refractivity contribution is 8.24. The molecule has 0 atom stereocenters. The van der Waals surface area contributed by atoms with Gasteiger partial charge in [-0.3, -0.25) is 19.1 Å². The van der Waals surface area contributed by atoms with Crippen LogP contribution in [0.2, 0.25) is 5.02 Å². The van der Waals surface area contributed by atoms with Crippen molar-refractivity contribution in [1.29, 1.82) is 0 Å². The number of nitrogens with one attached hydrogen (secondary N) is 1. The van der Waals surface area contributed by atoms with Crippen LogP contribution < -0.4 is 4.90 Å². The Kier molecular flexibility index (Phi) is 5.92. The molecule has 0 saturated carbocycles. The molecule has 1 saturated heterocycles. The van der Waals surface area contributed by atoms with Crippen LogP contribution in [0.15, 0.2) is 36.4 Å². The Morgan fingerprint density at radius 1 is 1.00 bits per heavy atom. The van der Waals surface area contributed by atoms with Crippen LogP contribution in [-0.4, -0.2) is 65.6 Å². The molecule has 8 nitrogen and oxygen atoms in total. The summed E-state index contributed by atoms with van der Waals surface area (Å²) in [6, 6.07) is 11.2. The zero-order valence-corrected chi connectivity index (χ0v) is 19.6. The number of rotatable bonds is 4. The summed E-state index contributed by atoms with van der Waals surface area (Å²) in [7, 11) is -2.39. The summed E-state index contributed by atoms with van der Waals surface area (Å²) in [4.78, 5) is 4.53. The maximum atomic E-state index is 10.3. The molecule has 33 heavy (non-hydrogen) atoms. The fraction of sp³-hybridized carbons (Fsp3) is 0.348. The number of anilines is 1. The van der Waals surface area contributed by atoms with E-state index in [0.717, 1.165) is 36.5 Å². The van der Waals surface area contributed by atoms with Gasteiger partial charge in [-0.2, -0.15) is 15.7 Å². The van der Waals surface area contributed by atoms with E-state index < -0.39 is 10.6 Å². The van der Waals surface area contributed by atoms with Crippen LogP contribution in [0, 0.1) is 0 Å². The molecule has 176 valence electrons. The zero-order valence-electron chi connectivity index (χ0n) is 18.0. The van der Waals surface area contributed by atoms with E-state index in [4.69, 9.17) is 11.6 Å². The molecule has 5 N–H and O–H groups in total. The molecule has 2 aliphatic heterocycles. The number of hydrogen-bond acceptors (Lipinski definition) is 7. The molecule has 2 aliphatic rings. The summed E-state index contributed by atoms with van der Waals surface area (Å²) in [5.41, 5.74) is 5.54. The lowest BCUT2D eigenvalue weighted by Gasteiger charge is -2.41. The average molecular weight is 491 g/mol. The van der Waals surface area contributed by atoms with Gasteiger partial charge in [-0.05, 0) is 23.8 Å². The Morgan fingerprint density at radius 3 is 2.45 bits per heavy atom. The highest BCUT2D eigenvalue weighted by Gasteiger charge is 2.25. The topological polar surface area (TPSA) is 116 Å². The van der Waals surface area contributed by atoms with Crippen molar-refractivity contribution in [3.63, 3.8) is 0 Å². The van der Waals surface area contributed by atoms with Crippen LogP contribution in [0.5, 0.6) is 11.5 Å². The molecule has 0 bridgehead atoms. The zero-order chi connectivity index (χ0) is 23.2. The summed E-state index contributed by atoms with van der Waals surface area (Å²) in [6.07, 6.45) is 0.827. The van der Waals surface area contributed by atoms with Crippen molar-refractivity contribution in [2.24, 2.45) is 0 Å². The number of phenols is 2. The third-order valence-corrected chi connectivity index (χ3v) is 8.39. The molecule has 1 aromatic heterocycles. The molecule has 10 heteroatoms. The lowest BCUT2D eigenvalue weighted by Crippen LogP contribution is -2.38. The third kappa shape index (κ3) is 4.64. The van der Waals surface area contributed by atoms with Crippen LogP contribution in [0.1, 0.15) is 16.8 Å². The number of H-pyrrole nitrogens is 1. The van der Waals surface area contributed by atoms with Crippen molar-refractivity contribution < 1.29 is 19.3 Å². The van der Waals surface area contributed by atoms with Crippen LogP contribution in [-0.2, 0) is 19.5 Å². The summed E-state index contributed by atoms with van der Waals surface area (Å²) < 4.78 is 19.6. The van der Waals surface area contributed by atoms with Crippen LogP contribution in [0.3, 0.4) is 0 Å². The smallest absolute Gasteiger partial charge is 0.137 e. The lowest BCUT2D eigenvalue weighted by molar-refractivity contribution is 0.245. The number of benzene rings is 2. The first-order valence-corrected chi connectivity index (χ1v) is 13.1. The minimum absolute atomic E-state index is 0.0575. The molecular weight excluding hydrogens is 464 g/mol. The fourth-order valence-corrected chi connectivity index (χ4v) is 5.90. The number of nitrogens with zero attached hydrogens (tertiary/aromatic N) is 3. The van der Waals surface area contributed by atoms with Gasteiger partial charge in [-0.15, -0.1) is 0 Å². The van der Waals surface area contributed by atoms with E-state index in [9.17, 15) is 19.3 Å². The Balaban J connectivity index is 1.29. The minimum atomic E-state index is -2.39. The number of aromatic nitrogens is 2. The van der Waals surface area contributed by atoms with E-state index in [-0.39, 0.29) is 16.5 Å². The van der Waals surface area contributed by atoms with Crippen LogP contribution in [0.25, 0.3) is 11.3 Å². The SMILES string of the molecule is Oc1cc(O)c(-c2n[nH]c3c2CN(Cc2ccc(N4CCS(O)(O)CC4)cc2)CC3)cc1Cl. The van der Waals surface area contributed by atoms with Gasteiger partial charge in [0.15, 0.2) is 0 Å². The first kappa shape index (κ1) is 22.4. The fourth-order valence-electron chi connectivity index (χ4n) is 4.50. The Morgan fingerprint density at radius 2 is 1.73 bits per heavy atom. The number of aromatic hydroxyl groups is 2. The number of aromatic amines is 1. The average Bonchev–Trinajstić information content (AvgIpc) is 3.20. The van der Waals surface area contributed by atoms with Crippen LogP contribution >= 0.6 is 22.2 Å².